The lowest BCUT2D eigenvalue weighted by Gasteiger charge is -2.08. The number of aromatic amines is 2. The van der Waals surface area contributed by atoms with Crippen LogP contribution in [0.25, 0.3) is 55.8 Å². The predicted molar refractivity (Wildman–Crippen MR) is 129 cm³/mol. The van der Waals surface area contributed by atoms with Crippen LogP contribution in [0.5, 0.6) is 0 Å². The molecule has 1 amide bonds. The number of carbonyl (C=O) groups excluding carboxylic acids is 1. The summed E-state index contributed by atoms with van der Waals surface area (Å²) in [6.07, 6.45) is 8.29. The quantitative estimate of drug-likeness (QED) is 0.315. The molecule has 0 radical (unpaired) electrons. The van der Waals surface area contributed by atoms with Crippen molar-refractivity contribution in [3.63, 3.8) is 0 Å². The zero-order valence-corrected chi connectivity index (χ0v) is 18.5. The molecule has 3 N–H and O–H groups in total. The second kappa shape index (κ2) is 8.17. The van der Waals surface area contributed by atoms with Gasteiger partial charge in [0.1, 0.15) is 11.5 Å². The minimum atomic E-state index is -0.476. The number of carbonyl (C=O) groups is 1. The van der Waals surface area contributed by atoms with Gasteiger partial charge in [0, 0.05) is 41.1 Å². The van der Waals surface area contributed by atoms with Crippen molar-refractivity contribution in [3.8, 4) is 33.8 Å². The number of H-pyrrole nitrogens is 2. The van der Waals surface area contributed by atoms with Crippen molar-refractivity contribution < 1.29 is 13.6 Å². The van der Waals surface area contributed by atoms with Gasteiger partial charge in [-0.05, 0) is 30.3 Å². The molecule has 0 atom stereocenters. The van der Waals surface area contributed by atoms with Crippen LogP contribution < -0.4 is 5.32 Å². The monoisotopic (exact) mass is 467 g/mol. The van der Waals surface area contributed by atoms with Gasteiger partial charge >= 0.3 is 0 Å². The Labute approximate surface area is 197 Å². The second-order valence-electron chi connectivity index (χ2n) is 7.94. The number of amides is 1. The zero-order valence-electron chi connectivity index (χ0n) is 18.5. The number of imidazole rings is 1. The van der Waals surface area contributed by atoms with Crippen LogP contribution >= 0.6 is 0 Å². The van der Waals surface area contributed by atoms with E-state index in [0.29, 0.717) is 51.4 Å². The number of aromatic nitrogens is 6. The van der Waals surface area contributed by atoms with Crippen molar-refractivity contribution in [3.05, 3.63) is 67.3 Å². The number of pyridine rings is 2. The molecule has 9 nitrogen and oxygen atoms in total. The number of benzene rings is 1. The first kappa shape index (κ1) is 20.7. The van der Waals surface area contributed by atoms with E-state index in [2.05, 4.69) is 35.5 Å². The zero-order chi connectivity index (χ0) is 23.9. The number of nitrogens with one attached hydrogen (secondary N) is 3. The SMILES string of the molecule is CCC(=O)Nc1cncc(-c2ccc3[nH]nc(-c4nc5nccc(-c6ccoc6)c5[nH]4)c3c2F)c1. The summed E-state index contributed by atoms with van der Waals surface area (Å²) in [7, 11) is 0. The Morgan fingerprint density at radius 2 is 2.06 bits per heavy atom. The van der Waals surface area contributed by atoms with Crippen LogP contribution in [0.1, 0.15) is 13.3 Å². The summed E-state index contributed by atoms with van der Waals surface area (Å²) in [6.45, 7) is 1.76. The first-order chi connectivity index (χ1) is 17.1. The highest BCUT2D eigenvalue weighted by Gasteiger charge is 2.21. The van der Waals surface area contributed by atoms with Crippen molar-refractivity contribution in [2.24, 2.45) is 0 Å². The summed E-state index contributed by atoms with van der Waals surface area (Å²) in [5.74, 6) is -0.242. The highest BCUT2D eigenvalue weighted by atomic mass is 19.1. The smallest absolute Gasteiger partial charge is 0.224 e. The van der Waals surface area contributed by atoms with Crippen LogP contribution in [0.3, 0.4) is 0 Å². The molecular formula is C25H18FN7O2. The summed E-state index contributed by atoms with van der Waals surface area (Å²) < 4.78 is 21.1. The molecule has 1 aromatic carbocycles. The third kappa shape index (κ3) is 3.52. The number of rotatable bonds is 5. The molecule has 5 aromatic heterocycles. The van der Waals surface area contributed by atoms with Crippen molar-refractivity contribution in [1.29, 1.82) is 0 Å². The lowest BCUT2D eigenvalue weighted by Crippen LogP contribution is -2.09. The number of hydrogen-bond donors (Lipinski definition) is 3. The molecule has 5 heterocycles. The number of nitrogens with zero attached hydrogens (tertiary/aromatic N) is 4. The molecule has 0 unspecified atom stereocenters. The molecule has 6 aromatic rings. The minimum Gasteiger partial charge on any atom is -0.472 e. The van der Waals surface area contributed by atoms with Crippen LogP contribution in [0.4, 0.5) is 10.1 Å². The molecule has 172 valence electrons. The molecule has 0 spiro atoms. The van der Waals surface area contributed by atoms with E-state index in [9.17, 15) is 4.79 Å². The maximum atomic E-state index is 15.9. The second-order valence-corrected chi connectivity index (χ2v) is 7.94. The molecule has 0 bridgehead atoms. The minimum absolute atomic E-state index is 0.148. The summed E-state index contributed by atoms with van der Waals surface area (Å²) in [5, 5.41) is 10.3. The molecule has 0 aliphatic heterocycles. The lowest BCUT2D eigenvalue weighted by molar-refractivity contribution is -0.115. The third-order valence-electron chi connectivity index (χ3n) is 5.77. The first-order valence-corrected chi connectivity index (χ1v) is 10.9. The Hall–Kier alpha value is -4.86. The molecule has 0 aliphatic carbocycles. The molecule has 0 saturated carbocycles. The summed E-state index contributed by atoms with van der Waals surface area (Å²) >= 11 is 0. The van der Waals surface area contributed by atoms with Gasteiger partial charge in [0.15, 0.2) is 11.5 Å². The average molecular weight is 467 g/mol. The van der Waals surface area contributed by atoms with Crippen LogP contribution in [-0.4, -0.2) is 36.0 Å². The largest absolute Gasteiger partial charge is 0.472 e. The van der Waals surface area contributed by atoms with Crippen LogP contribution in [0.2, 0.25) is 0 Å². The average Bonchev–Trinajstić information content (AvgIpc) is 3.63. The van der Waals surface area contributed by atoms with E-state index in [-0.39, 0.29) is 11.3 Å². The van der Waals surface area contributed by atoms with Gasteiger partial charge < -0.3 is 14.7 Å². The lowest BCUT2D eigenvalue weighted by atomic mass is 10.0. The number of hydrogen-bond acceptors (Lipinski definition) is 6. The van der Waals surface area contributed by atoms with Crippen molar-refractivity contribution in [2.45, 2.75) is 13.3 Å². The fraction of sp³-hybridized carbons (Fsp3) is 0.0800. The topological polar surface area (TPSA) is 125 Å². The fourth-order valence-corrected chi connectivity index (χ4v) is 4.05. The normalized spacial score (nSPS) is 11.4. The summed E-state index contributed by atoms with van der Waals surface area (Å²) in [5.41, 5.74) is 5.11. The van der Waals surface area contributed by atoms with Gasteiger partial charge in [-0.15, -0.1) is 0 Å². The molecule has 35 heavy (non-hydrogen) atoms. The Kier molecular flexibility index (Phi) is 4.84. The Morgan fingerprint density at radius 3 is 2.89 bits per heavy atom. The molecule has 10 heteroatoms. The van der Waals surface area contributed by atoms with Gasteiger partial charge in [0.2, 0.25) is 5.91 Å². The number of halogens is 1. The van der Waals surface area contributed by atoms with Gasteiger partial charge in [-0.2, -0.15) is 5.10 Å². The number of fused-ring (bicyclic) bond motifs is 2. The molecule has 0 saturated heterocycles. The van der Waals surface area contributed by atoms with E-state index in [1.807, 2.05) is 12.1 Å². The maximum Gasteiger partial charge on any atom is 0.224 e. The molecule has 0 aliphatic rings. The Balaban J connectivity index is 1.48. The summed E-state index contributed by atoms with van der Waals surface area (Å²) in [4.78, 5) is 28.1. The molecular weight excluding hydrogens is 449 g/mol. The van der Waals surface area contributed by atoms with E-state index in [1.54, 1.807) is 50.0 Å². The number of anilines is 1. The van der Waals surface area contributed by atoms with E-state index < -0.39 is 5.82 Å². The molecule has 6 rings (SSSR count). The van der Waals surface area contributed by atoms with Crippen molar-refractivity contribution >= 4 is 33.7 Å². The highest BCUT2D eigenvalue weighted by molar-refractivity contribution is 5.98. The van der Waals surface area contributed by atoms with Gasteiger partial charge in [0.05, 0.1) is 40.8 Å². The standard InChI is InChI=1S/C25H18FN7O2/c1-2-19(34)29-15-9-14(10-27-11-15)16-3-4-18-20(21(16)26)23(33-32-18)25-30-22-17(13-6-8-35-12-13)5-7-28-24(22)31-25/h3-12H,2H2,1H3,(H,29,34)(H,32,33)(H,28,30,31). The van der Waals surface area contributed by atoms with Gasteiger partial charge in [-0.25, -0.2) is 14.4 Å². The summed E-state index contributed by atoms with van der Waals surface area (Å²) in [6, 6.07) is 8.79. The van der Waals surface area contributed by atoms with Gasteiger partial charge in [0.25, 0.3) is 0 Å². The van der Waals surface area contributed by atoms with E-state index in [4.69, 9.17) is 4.42 Å². The van der Waals surface area contributed by atoms with Crippen LogP contribution in [0, 0.1) is 5.82 Å². The van der Waals surface area contributed by atoms with Crippen LogP contribution in [-0.2, 0) is 4.79 Å². The van der Waals surface area contributed by atoms with Crippen molar-refractivity contribution in [1.82, 2.24) is 30.1 Å². The number of furan rings is 1. The fourth-order valence-electron chi connectivity index (χ4n) is 4.05. The van der Waals surface area contributed by atoms with Gasteiger partial charge in [-0.3, -0.25) is 14.9 Å². The first-order valence-electron chi connectivity index (χ1n) is 10.9. The third-order valence-corrected chi connectivity index (χ3v) is 5.77. The maximum absolute atomic E-state index is 15.9. The van der Waals surface area contributed by atoms with Crippen molar-refractivity contribution in [2.75, 3.05) is 5.32 Å². The van der Waals surface area contributed by atoms with Crippen LogP contribution in [0.15, 0.2) is 65.9 Å². The van der Waals surface area contributed by atoms with E-state index in [1.165, 1.54) is 6.20 Å². The Morgan fingerprint density at radius 1 is 1.14 bits per heavy atom. The predicted octanol–water partition coefficient (Wildman–Crippen LogP) is 5.31. The highest BCUT2D eigenvalue weighted by Crippen LogP contribution is 2.35. The molecule has 0 fully saturated rings. The Bertz CT molecular complexity index is 1700. The van der Waals surface area contributed by atoms with E-state index in [0.717, 1.165) is 11.1 Å². The van der Waals surface area contributed by atoms with E-state index >= 15 is 4.39 Å². The van der Waals surface area contributed by atoms with Gasteiger partial charge in [-0.1, -0.05) is 6.92 Å².